The van der Waals surface area contributed by atoms with Crippen molar-refractivity contribution in [3.8, 4) is 11.5 Å². The highest BCUT2D eigenvalue weighted by Gasteiger charge is 2.10. The first-order valence-corrected chi connectivity index (χ1v) is 5.95. The van der Waals surface area contributed by atoms with Gasteiger partial charge in [-0.25, -0.2) is 0 Å². The number of phenolic OH excluding ortho intramolecular Hbond substituents is 2. The van der Waals surface area contributed by atoms with Crippen LogP contribution in [0, 0.1) is 0 Å². The van der Waals surface area contributed by atoms with Gasteiger partial charge in [0.2, 0.25) is 0 Å². The van der Waals surface area contributed by atoms with Crippen LogP contribution in [-0.2, 0) is 0 Å². The Bertz CT molecular complexity index is 377. The van der Waals surface area contributed by atoms with E-state index in [1.165, 1.54) is 18.6 Å². The monoisotopic (exact) mass is 237 g/mol. The fourth-order valence-electron chi connectivity index (χ4n) is 1.56. The molecule has 0 aliphatic heterocycles. The van der Waals surface area contributed by atoms with Crippen LogP contribution in [0.25, 0.3) is 0 Å². The summed E-state index contributed by atoms with van der Waals surface area (Å²) >= 11 is 0. The maximum absolute atomic E-state index is 11.7. The molecule has 0 spiro atoms. The summed E-state index contributed by atoms with van der Waals surface area (Å²) < 4.78 is 0. The molecule has 1 rings (SSSR count). The fraction of sp³-hybridized carbons (Fsp3) is 0.462. The molecule has 0 saturated carbocycles. The predicted octanol–water partition coefficient (Wildman–Crippen LogP) is 2.41. The van der Waals surface area contributed by atoms with Crippen LogP contribution in [0.1, 0.15) is 43.0 Å². The Morgan fingerprint density at radius 3 is 2.65 bits per heavy atom. The first-order valence-electron chi connectivity index (χ1n) is 5.95. The number of hydrogen-bond donors (Lipinski definition) is 3. The van der Waals surface area contributed by atoms with Crippen molar-refractivity contribution in [2.45, 2.75) is 32.6 Å². The minimum absolute atomic E-state index is 0.0537. The van der Waals surface area contributed by atoms with Gasteiger partial charge in [0.15, 0.2) is 0 Å². The number of carbonyl (C=O) groups is 1. The third-order valence-electron chi connectivity index (χ3n) is 2.54. The summed E-state index contributed by atoms with van der Waals surface area (Å²) in [5.41, 5.74) is 0.193. The molecule has 0 aliphatic carbocycles. The van der Waals surface area contributed by atoms with E-state index in [-0.39, 0.29) is 23.0 Å². The zero-order chi connectivity index (χ0) is 12.7. The molecule has 0 aromatic heterocycles. The Morgan fingerprint density at radius 1 is 1.24 bits per heavy atom. The highest BCUT2D eigenvalue weighted by Crippen LogP contribution is 2.22. The number of phenols is 2. The Balaban J connectivity index is 2.42. The first kappa shape index (κ1) is 13.4. The molecule has 0 bridgehead atoms. The van der Waals surface area contributed by atoms with Gasteiger partial charge >= 0.3 is 0 Å². The van der Waals surface area contributed by atoms with Crippen LogP contribution in [0.15, 0.2) is 18.2 Å². The van der Waals surface area contributed by atoms with Crippen LogP contribution in [-0.4, -0.2) is 22.7 Å². The number of amides is 1. The second-order valence-corrected chi connectivity index (χ2v) is 4.02. The van der Waals surface area contributed by atoms with Crippen molar-refractivity contribution < 1.29 is 15.0 Å². The highest BCUT2D eigenvalue weighted by molar-refractivity contribution is 5.96. The summed E-state index contributed by atoms with van der Waals surface area (Å²) in [6, 6.07) is 3.95. The van der Waals surface area contributed by atoms with Gasteiger partial charge < -0.3 is 15.5 Å². The summed E-state index contributed by atoms with van der Waals surface area (Å²) in [4.78, 5) is 11.7. The van der Waals surface area contributed by atoms with E-state index in [1.807, 2.05) is 0 Å². The number of nitrogens with one attached hydrogen (secondary N) is 1. The number of aromatic hydroxyl groups is 2. The predicted molar refractivity (Wildman–Crippen MR) is 66.2 cm³/mol. The van der Waals surface area contributed by atoms with Gasteiger partial charge in [-0.1, -0.05) is 26.2 Å². The highest BCUT2D eigenvalue weighted by atomic mass is 16.3. The largest absolute Gasteiger partial charge is 0.508 e. The van der Waals surface area contributed by atoms with Gasteiger partial charge in [0.1, 0.15) is 11.5 Å². The van der Waals surface area contributed by atoms with E-state index in [0.717, 1.165) is 25.3 Å². The van der Waals surface area contributed by atoms with Crippen LogP contribution in [0.3, 0.4) is 0 Å². The maximum Gasteiger partial charge on any atom is 0.255 e. The minimum Gasteiger partial charge on any atom is -0.508 e. The molecule has 0 fully saturated rings. The molecule has 0 radical (unpaired) electrons. The zero-order valence-electron chi connectivity index (χ0n) is 10.1. The lowest BCUT2D eigenvalue weighted by molar-refractivity contribution is 0.0950. The lowest BCUT2D eigenvalue weighted by Crippen LogP contribution is -2.24. The van der Waals surface area contributed by atoms with Gasteiger partial charge in [0.05, 0.1) is 5.56 Å². The summed E-state index contributed by atoms with van der Waals surface area (Å²) in [6.07, 6.45) is 4.36. The molecule has 0 unspecified atom stereocenters. The molecule has 17 heavy (non-hydrogen) atoms. The third-order valence-corrected chi connectivity index (χ3v) is 2.54. The molecule has 0 heterocycles. The van der Waals surface area contributed by atoms with Gasteiger partial charge in [-0.15, -0.1) is 0 Å². The number of unbranched alkanes of at least 4 members (excludes halogenated alkanes) is 3. The normalized spacial score (nSPS) is 10.2. The van der Waals surface area contributed by atoms with E-state index >= 15 is 0 Å². The van der Waals surface area contributed by atoms with Crippen molar-refractivity contribution in [2.24, 2.45) is 0 Å². The molecule has 0 aliphatic rings. The molecule has 1 aromatic rings. The van der Waals surface area contributed by atoms with Crippen molar-refractivity contribution in [2.75, 3.05) is 6.54 Å². The molecular formula is C13H19NO3. The molecule has 0 atom stereocenters. The van der Waals surface area contributed by atoms with Crippen molar-refractivity contribution in [3.05, 3.63) is 23.8 Å². The average Bonchev–Trinajstić information content (AvgIpc) is 2.28. The molecular weight excluding hydrogens is 218 g/mol. The molecule has 1 amide bonds. The first-order chi connectivity index (χ1) is 8.15. The van der Waals surface area contributed by atoms with E-state index in [9.17, 15) is 9.90 Å². The lowest BCUT2D eigenvalue weighted by Gasteiger charge is -2.06. The number of carbonyl (C=O) groups excluding carboxylic acids is 1. The fourth-order valence-corrected chi connectivity index (χ4v) is 1.56. The molecule has 94 valence electrons. The second kappa shape index (κ2) is 6.78. The quantitative estimate of drug-likeness (QED) is 0.665. The van der Waals surface area contributed by atoms with Crippen LogP contribution < -0.4 is 5.32 Å². The smallest absolute Gasteiger partial charge is 0.255 e. The minimum atomic E-state index is -0.306. The van der Waals surface area contributed by atoms with Crippen molar-refractivity contribution in [1.29, 1.82) is 0 Å². The van der Waals surface area contributed by atoms with Crippen molar-refractivity contribution >= 4 is 5.91 Å². The van der Waals surface area contributed by atoms with Crippen LogP contribution in [0.4, 0.5) is 0 Å². The molecule has 4 nitrogen and oxygen atoms in total. The Labute approximate surface area is 101 Å². The Hall–Kier alpha value is -1.71. The Kier molecular flexibility index (Phi) is 5.33. The van der Waals surface area contributed by atoms with Crippen molar-refractivity contribution in [3.63, 3.8) is 0 Å². The van der Waals surface area contributed by atoms with E-state index < -0.39 is 0 Å². The number of hydrogen-bond acceptors (Lipinski definition) is 3. The van der Waals surface area contributed by atoms with E-state index in [4.69, 9.17) is 5.11 Å². The molecule has 1 aromatic carbocycles. The summed E-state index contributed by atoms with van der Waals surface area (Å²) in [5, 5.41) is 21.3. The third kappa shape index (κ3) is 4.34. The standard InChI is InChI=1S/C13H19NO3/c1-2-3-4-5-8-14-13(17)11-7-6-10(15)9-12(11)16/h6-7,9,15-16H,2-5,8H2,1H3,(H,14,17). The van der Waals surface area contributed by atoms with Gasteiger partial charge in [-0.05, 0) is 18.6 Å². The maximum atomic E-state index is 11.7. The Morgan fingerprint density at radius 2 is 2.00 bits per heavy atom. The summed E-state index contributed by atoms with van der Waals surface area (Å²) in [5.74, 6) is -0.558. The average molecular weight is 237 g/mol. The topological polar surface area (TPSA) is 69.6 Å². The zero-order valence-corrected chi connectivity index (χ0v) is 10.1. The molecule has 4 heteroatoms. The second-order valence-electron chi connectivity index (χ2n) is 4.02. The summed E-state index contributed by atoms with van der Waals surface area (Å²) in [6.45, 7) is 2.74. The summed E-state index contributed by atoms with van der Waals surface area (Å²) in [7, 11) is 0. The lowest BCUT2D eigenvalue weighted by atomic mass is 10.1. The van der Waals surface area contributed by atoms with Gasteiger partial charge in [0.25, 0.3) is 5.91 Å². The SMILES string of the molecule is CCCCCCNC(=O)c1ccc(O)cc1O. The molecule has 0 saturated heterocycles. The van der Waals surface area contributed by atoms with Crippen LogP contribution >= 0.6 is 0 Å². The van der Waals surface area contributed by atoms with Crippen LogP contribution in [0.5, 0.6) is 11.5 Å². The van der Waals surface area contributed by atoms with Crippen LogP contribution in [0.2, 0.25) is 0 Å². The van der Waals surface area contributed by atoms with Crippen molar-refractivity contribution in [1.82, 2.24) is 5.32 Å². The molecule has 3 N–H and O–H groups in total. The van der Waals surface area contributed by atoms with E-state index in [2.05, 4.69) is 12.2 Å². The number of rotatable bonds is 6. The van der Waals surface area contributed by atoms with E-state index in [0.29, 0.717) is 6.54 Å². The van der Waals surface area contributed by atoms with Gasteiger partial charge in [0, 0.05) is 12.6 Å². The van der Waals surface area contributed by atoms with Gasteiger partial charge in [-0.2, -0.15) is 0 Å². The van der Waals surface area contributed by atoms with Gasteiger partial charge in [-0.3, -0.25) is 4.79 Å². The van der Waals surface area contributed by atoms with E-state index in [1.54, 1.807) is 0 Å². The number of benzene rings is 1.